The third-order valence-electron chi connectivity index (χ3n) is 6.02. The van der Waals surface area contributed by atoms with Gasteiger partial charge in [0.1, 0.15) is 0 Å². The molecule has 0 aliphatic carbocycles. The van der Waals surface area contributed by atoms with Crippen LogP contribution in [0, 0.1) is 0 Å². The molecule has 0 fully saturated rings. The molecule has 32 heavy (non-hydrogen) atoms. The molecule has 2 atom stereocenters. The van der Waals surface area contributed by atoms with E-state index in [1.54, 1.807) is 12.1 Å². The third kappa shape index (κ3) is 10.5. The average Bonchev–Trinajstić information content (AvgIpc) is 2.80. The first-order chi connectivity index (χ1) is 15.4. The predicted molar refractivity (Wildman–Crippen MR) is 135 cm³/mol. The third-order valence-corrected chi connectivity index (χ3v) is 20.1. The number of hydrogen-bond donors (Lipinski definition) is 0. The van der Waals surface area contributed by atoms with Crippen LogP contribution >= 0.6 is 0 Å². The van der Waals surface area contributed by atoms with E-state index < -0.39 is 36.4 Å². The van der Waals surface area contributed by atoms with Crippen molar-refractivity contribution in [2.75, 3.05) is 0 Å². The van der Waals surface area contributed by atoms with Crippen molar-refractivity contribution >= 4 is 30.3 Å². The molecule has 0 aliphatic heterocycles. The predicted octanol–water partition coefficient (Wildman–Crippen LogP) is 7.56. The molecule has 0 saturated carbocycles. The van der Waals surface area contributed by atoms with Gasteiger partial charge >= 0.3 is 201 Å². The Morgan fingerprint density at radius 3 is 1.84 bits per heavy atom. The van der Waals surface area contributed by atoms with Gasteiger partial charge in [-0.1, -0.05) is 0 Å². The molecule has 0 aliphatic rings. The fourth-order valence-corrected chi connectivity index (χ4v) is 18.4. The van der Waals surface area contributed by atoms with Crippen molar-refractivity contribution < 1.29 is 19.1 Å². The van der Waals surface area contributed by atoms with Crippen LogP contribution < -0.4 is 0 Å². The second kappa shape index (κ2) is 16.3. The van der Waals surface area contributed by atoms with Crippen molar-refractivity contribution in [1.29, 1.82) is 0 Å². The number of unbranched alkanes of at least 4 members (excludes halogenated alkanes) is 3. The van der Waals surface area contributed by atoms with E-state index in [2.05, 4.69) is 30.9 Å². The number of rotatable bonds is 16. The topological polar surface area (TPSA) is 52.6 Å². The van der Waals surface area contributed by atoms with E-state index in [1.807, 2.05) is 25.1 Å². The molecule has 1 aromatic rings. The second-order valence-electron chi connectivity index (χ2n) is 8.82. The van der Waals surface area contributed by atoms with Crippen LogP contribution in [-0.2, 0) is 19.1 Å². The van der Waals surface area contributed by atoms with Gasteiger partial charge in [-0.25, -0.2) is 0 Å². The van der Waals surface area contributed by atoms with Crippen LogP contribution in [0.5, 0.6) is 0 Å². The summed E-state index contributed by atoms with van der Waals surface area (Å²) in [6, 6.07) is 9.09. The first kappa shape index (κ1) is 28.7. The molecule has 1 aromatic carbocycles. The minimum absolute atomic E-state index is 0.287. The monoisotopic (exact) mass is 552 g/mol. The van der Waals surface area contributed by atoms with Gasteiger partial charge in [-0.15, -0.1) is 0 Å². The maximum absolute atomic E-state index is 13.0. The molecule has 0 saturated heterocycles. The van der Waals surface area contributed by atoms with E-state index >= 15 is 0 Å². The first-order valence-electron chi connectivity index (χ1n) is 12.5. The van der Waals surface area contributed by atoms with E-state index in [4.69, 9.17) is 9.47 Å². The SMILES string of the molecule is CCC[CH2][Sn](/[CH]=C/[C@H](CC)OC(=O)[C@@H](OC(C)=O)c1ccccc1)([CH2]CCC)[CH2]CCC. The molecule has 0 amide bonds. The molecule has 0 heterocycles. The fraction of sp³-hybridized carbons (Fsp3) is 0.630. The normalized spacial score (nSPS) is 13.7. The number of ether oxygens (including phenoxy) is 2. The van der Waals surface area contributed by atoms with Gasteiger partial charge in [0.05, 0.1) is 0 Å². The summed E-state index contributed by atoms with van der Waals surface area (Å²) in [5.74, 6) is -0.993. The summed E-state index contributed by atoms with van der Waals surface area (Å²) >= 11 is -2.45. The van der Waals surface area contributed by atoms with Gasteiger partial charge in [-0.2, -0.15) is 0 Å². The summed E-state index contributed by atoms with van der Waals surface area (Å²) in [6.45, 7) is 10.2. The van der Waals surface area contributed by atoms with E-state index in [-0.39, 0.29) is 6.10 Å². The van der Waals surface area contributed by atoms with Gasteiger partial charge in [0.15, 0.2) is 0 Å². The van der Waals surface area contributed by atoms with Gasteiger partial charge in [0.25, 0.3) is 0 Å². The maximum atomic E-state index is 13.0. The molecule has 0 unspecified atom stereocenters. The number of carbonyl (C=O) groups excluding carboxylic acids is 2. The Balaban J connectivity index is 3.04. The van der Waals surface area contributed by atoms with Gasteiger partial charge in [0, 0.05) is 0 Å². The zero-order chi connectivity index (χ0) is 23.8. The Kier molecular flexibility index (Phi) is 14.7. The summed E-state index contributed by atoms with van der Waals surface area (Å²) in [7, 11) is 0. The van der Waals surface area contributed by atoms with Crippen LogP contribution in [0.25, 0.3) is 0 Å². The zero-order valence-corrected chi connectivity index (χ0v) is 23.8. The Labute approximate surface area is 200 Å². The Morgan fingerprint density at radius 2 is 1.41 bits per heavy atom. The van der Waals surface area contributed by atoms with Gasteiger partial charge in [0.2, 0.25) is 0 Å². The standard InChI is InChI=1S/C15H17O4.3C4H9.Sn/c1-4-13(5-2)19-15(17)14(18-11(3)16)12-9-7-6-8-10-12;3*1-3-4-2;/h1,4,6-10,13-14H,5H2,2-3H3;3*1,3-4H2,2H3;/t13-,14+;;;;/m1..../s1. The van der Waals surface area contributed by atoms with Crippen molar-refractivity contribution in [3.05, 3.63) is 46.1 Å². The summed E-state index contributed by atoms with van der Waals surface area (Å²) < 4.78 is 17.9. The molecule has 0 spiro atoms. The summed E-state index contributed by atoms with van der Waals surface area (Å²) in [4.78, 5) is 24.6. The molecule has 4 nitrogen and oxygen atoms in total. The number of benzene rings is 1. The van der Waals surface area contributed by atoms with Gasteiger partial charge < -0.3 is 0 Å². The molecule has 1 rings (SSSR count). The van der Waals surface area contributed by atoms with E-state index in [0.717, 1.165) is 0 Å². The Hall–Kier alpha value is -1.30. The van der Waals surface area contributed by atoms with Crippen LogP contribution in [-0.4, -0.2) is 36.4 Å². The van der Waals surface area contributed by atoms with Crippen molar-refractivity contribution in [2.24, 2.45) is 0 Å². The molecule has 0 radical (unpaired) electrons. The van der Waals surface area contributed by atoms with Crippen molar-refractivity contribution in [1.82, 2.24) is 0 Å². The van der Waals surface area contributed by atoms with Gasteiger partial charge in [-0.05, 0) is 0 Å². The van der Waals surface area contributed by atoms with E-state index in [9.17, 15) is 9.59 Å². The summed E-state index contributed by atoms with van der Waals surface area (Å²) in [6.07, 6.45) is 9.17. The summed E-state index contributed by atoms with van der Waals surface area (Å²) in [5.41, 5.74) is 0.633. The molecule has 0 aromatic heterocycles. The number of carbonyl (C=O) groups is 2. The van der Waals surface area contributed by atoms with E-state index in [1.165, 1.54) is 58.8 Å². The number of esters is 2. The minimum atomic E-state index is -2.45. The first-order valence-corrected chi connectivity index (χ1v) is 20.2. The molecule has 0 N–H and O–H groups in total. The number of hydrogen-bond acceptors (Lipinski definition) is 4. The Morgan fingerprint density at radius 1 is 0.875 bits per heavy atom. The van der Waals surface area contributed by atoms with Crippen molar-refractivity contribution in [3.8, 4) is 0 Å². The van der Waals surface area contributed by atoms with Crippen molar-refractivity contribution in [2.45, 2.75) is 105 Å². The van der Waals surface area contributed by atoms with Crippen molar-refractivity contribution in [3.63, 3.8) is 0 Å². The average molecular weight is 551 g/mol. The molecule has 180 valence electrons. The summed E-state index contributed by atoms with van der Waals surface area (Å²) in [5, 5.41) is 0. The second-order valence-corrected chi connectivity index (χ2v) is 21.8. The van der Waals surface area contributed by atoms with Crippen LogP contribution in [0.2, 0.25) is 13.3 Å². The quantitative estimate of drug-likeness (QED) is 0.157. The molecule has 5 heteroatoms. The molecular formula is C27H44O4Sn. The van der Waals surface area contributed by atoms with Crippen LogP contribution in [0.15, 0.2) is 40.5 Å². The van der Waals surface area contributed by atoms with Crippen LogP contribution in [0.4, 0.5) is 0 Å². The van der Waals surface area contributed by atoms with Crippen LogP contribution in [0.3, 0.4) is 0 Å². The molecular weight excluding hydrogens is 507 g/mol. The van der Waals surface area contributed by atoms with E-state index in [0.29, 0.717) is 12.0 Å². The Bertz CT molecular complexity index is 664. The zero-order valence-electron chi connectivity index (χ0n) is 20.9. The van der Waals surface area contributed by atoms with Crippen LogP contribution in [0.1, 0.15) is 91.2 Å². The fourth-order valence-electron chi connectivity index (χ4n) is 4.04. The van der Waals surface area contributed by atoms with Gasteiger partial charge in [-0.3, -0.25) is 0 Å². The molecule has 0 bridgehead atoms.